The van der Waals surface area contributed by atoms with E-state index in [0.717, 1.165) is 6.07 Å². The first-order valence-corrected chi connectivity index (χ1v) is 3.31. The Labute approximate surface area is 71.5 Å². The van der Waals surface area contributed by atoms with Crippen molar-refractivity contribution in [2.24, 2.45) is 0 Å². The van der Waals surface area contributed by atoms with E-state index in [1.54, 1.807) is 0 Å². The zero-order valence-electron chi connectivity index (χ0n) is 6.34. The number of hydrogen-bond donors (Lipinski definition) is 2. The van der Waals surface area contributed by atoms with Gasteiger partial charge in [0.2, 0.25) is 0 Å². The third-order valence-electron chi connectivity index (χ3n) is 1.39. The number of alkyl halides is 3. The van der Waals surface area contributed by atoms with Crippen LogP contribution >= 0.6 is 0 Å². The zero-order valence-corrected chi connectivity index (χ0v) is 6.34. The Balaban J connectivity index is 3.22. The largest absolute Gasteiger partial charge is 0.506 e. The average molecular weight is 193 g/mol. The van der Waals surface area contributed by atoms with Crippen molar-refractivity contribution < 1.29 is 23.4 Å². The first-order valence-electron chi connectivity index (χ1n) is 3.31. The molecule has 0 aromatic carbocycles. The van der Waals surface area contributed by atoms with Crippen LogP contribution in [0.15, 0.2) is 12.3 Å². The van der Waals surface area contributed by atoms with Crippen LogP contribution in [0.1, 0.15) is 11.3 Å². The smallest absolute Gasteiger partial charge is 0.433 e. The van der Waals surface area contributed by atoms with Gasteiger partial charge in [-0.2, -0.15) is 13.2 Å². The fourth-order valence-electron chi connectivity index (χ4n) is 0.874. The number of halogens is 3. The summed E-state index contributed by atoms with van der Waals surface area (Å²) >= 11 is 0. The van der Waals surface area contributed by atoms with Crippen LogP contribution in [0.5, 0.6) is 5.75 Å². The van der Waals surface area contributed by atoms with Gasteiger partial charge < -0.3 is 10.2 Å². The maximum atomic E-state index is 12.1. The van der Waals surface area contributed by atoms with E-state index in [1.165, 1.54) is 0 Å². The Hall–Kier alpha value is -1.30. The van der Waals surface area contributed by atoms with Crippen LogP contribution in [0.4, 0.5) is 13.2 Å². The molecular formula is C7H6F3NO2. The maximum absolute atomic E-state index is 12.1. The third-order valence-corrected chi connectivity index (χ3v) is 1.39. The highest BCUT2D eigenvalue weighted by Gasteiger charge is 2.35. The summed E-state index contributed by atoms with van der Waals surface area (Å²) in [6.45, 7) is -0.809. The van der Waals surface area contributed by atoms with Crippen molar-refractivity contribution in [3.63, 3.8) is 0 Å². The van der Waals surface area contributed by atoms with Crippen LogP contribution in [0.3, 0.4) is 0 Å². The fourth-order valence-corrected chi connectivity index (χ4v) is 0.874. The molecular weight excluding hydrogens is 187 g/mol. The van der Waals surface area contributed by atoms with Crippen molar-refractivity contribution in [3.8, 4) is 5.75 Å². The highest BCUT2D eigenvalue weighted by molar-refractivity contribution is 5.29. The van der Waals surface area contributed by atoms with Crippen LogP contribution in [-0.4, -0.2) is 15.2 Å². The van der Waals surface area contributed by atoms with E-state index in [9.17, 15) is 13.2 Å². The van der Waals surface area contributed by atoms with E-state index in [4.69, 9.17) is 10.2 Å². The van der Waals surface area contributed by atoms with Crippen molar-refractivity contribution in [3.05, 3.63) is 23.5 Å². The summed E-state index contributed by atoms with van der Waals surface area (Å²) in [6, 6.07) is 0.829. The van der Waals surface area contributed by atoms with Crippen LogP contribution < -0.4 is 0 Å². The van der Waals surface area contributed by atoms with Crippen molar-refractivity contribution in [1.82, 2.24) is 4.98 Å². The minimum Gasteiger partial charge on any atom is -0.506 e. The number of aliphatic hydroxyl groups excluding tert-OH is 1. The molecule has 3 nitrogen and oxygen atoms in total. The molecule has 72 valence electrons. The van der Waals surface area contributed by atoms with Crippen LogP contribution in [0, 0.1) is 0 Å². The predicted molar refractivity (Wildman–Crippen MR) is 36.8 cm³/mol. The average Bonchev–Trinajstić information content (AvgIpc) is 2.01. The van der Waals surface area contributed by atoms with Gasteiger partial charge in [-0.3, -0.25) is 0 Å². The number of aliphatic hydroxyl groups is 1. The molecule has 0 amide bonds. The van der Waals surface area contributed by atoms with Crippen LogP contribution in [-0.2, 0) is 12.8 Å². The number of nitrogens with zero attached hydrogens (tertiary/aromatic N) is 1. The number of rotatable bonds is 1. The molecule has 0 bridgehead atoms. The lowest BCUT2D eigenvalue weighted by Crippen LogP contribution is -2.11. The number of aromatic hydroxyl groups is 1. The summed E-state index contributed by atoms with van der Waals surface area (Å²) in [5.74, 6) is -0.406. The Morgan fingerprint density at radius 2 is 2.00 bits per heavy atom. The van der Waals surface area contributed by atoms with E-state index < -0.39 is 29.8 Å². The molecule has 0 spiro atoms. The molecule has 0 atom stereocenters. The monoisotopic (exact) mass is 193 g/mol. The van der Waals surface area contributed by atoms with Crippen LogP contribution in [0.2, 0.25) is 0 Å². The van der Waals surface area contributed by atoms with Gasteiger partial charge >= 0.3 is 6.18 Å². The highest BCUT2D eigenvalue weighted by atomic mass is 19.4. The van der Waals surface area contributed by atoms with Gasteiger partial charge in [0, 0.05) is 5.56 Å². The predicted octanol–water partition coefficient (Wildman–Crippen LogP) is 1.30. The van der Waals surface area contributed by atoms with Gasteiger partial charge in [-0.25, -0.2) is 4.98 Å². The van der Waals surface area contributed by atoms with E-state index in [2.05, 4.69) is 4.98 Å². The van der Waals surface area contributed by atoms with Gasteiger partial charge in [0.25, 0.3) is 0 Å². The second-order valence-corrected chi connectivity index (χ2v) is 2.36. The number of pyridine rings is 1. The van der Waals surface area contributed by atoms with E-state index >= 15 is 0 Å². The summed E-state index contributed by atoms with van der Waals surface area (Å²) in [6.07, 6.45) is -3.92. The summed E-state index contributed by atoms with van der Waals surface area (Å²) < 4.78 is 36.3. The van der Waals surface area contributed by atoms with Gasteiger partial charge in [-0.1, -0.05) is 0 Å². The second-order valence-electron chi connectivity index (χ2n) is 2.36. The zero-order chi connectivity index (χ0) is 10.1. The Kier molecular flexibility index (Phi) is 2.42. The normalized spacial score (nSPS) is 11.7. The standard InChI is InChI=1S/C7H6F3NO2/c8-7(9,10)6-4(3-12)1-5(13)2-11-6/h1-2,12-13H,3H2. The van der Waals surface area contributed by atoms with E-state index in [-0.39, 0.29) is 0 Å². The minimum atomic E-state index is -4.61. The minimum absolute atomic E-state index is 0.406. The molecule has 1 aromatic rings. The third kappa shape index (κ3) is 2.09. The van der Waals surface area contributed by atoms with Crippen molar-refractivity contribution in [2.75, 3.05) is 0 Å². The number of hydrogen-bond acceptors (Lipinski definition) is 3. The Morgan fingerprint density at radius 1 is 1.38 bits per heavy atom. The molecule has 2 N–H and O–H groups in total. The molecule has 1 rings (SSSR count). The highest BCUT2D eigenvalue weighted by Crippen LogP contribution is 2.31. The van der Waals surface area contributed by atoms with Gasteiger partial charge in [0.15, 0.2) is 0 Å². The molecule has 0 aliphatic heterocycles. The number of aromatic nitrogens is 1. The molecule has 0 radical (unpaired) electrons. The van der Waals surface area contributed by atoms with Gasteiger partial charge in [0.05, 0.1) is 12.8 Å². The van der Waals surface area contributed by atoms with Crippen molar-refractivity contribution in [2.45, 2.75) is 12.8 Å². The second kappa shape index (κ2) is 3.21. The molecule has 13 heavy (non-hydrogen) atoms. The molecule has 0 aliphatic carbocycles. The van der Waals surface area contributed by atoms with Crippen LogP contribution in [0.25, 0.3) is 0 Å². The SMILES string of the molecule is OCc1cc(O)cnc1C(F)(F)F. The summed E-state index contributed by atoms with van der Waals surface area (Å²) in [5.41, 5.74) is -1.61. The molecule has 1 heterocycles. The maximum Gasteiger partial charge on any atom is 0.433 e. The van der Waals surface area contributed by atoms with E-state index in [0.29, 0.717) is 6.20 Å². The van der Waals surface area contributed by atoms with Gasteiger partial charge in [-0.15, -0.1) is 0 Å². The summed E-state index contributed by atoms with van der Waals surface area (Å²) in [5, 5.41) is 17.3. The topological polar surface area (TPSA) is 53.4 Å². The molecule has 0 unspecified atom stereocenters. The molecule has 1 aromatic heterocycles. The molecule has 6 heteroatoms. The fraction of sp³-hybridized carbons (Fsp3) is 0.286. The first kappa shape index (κ1) is 9.79. The molecule has 0 saturated carbocycles. The van der Waals surface area contributed by atoms with Crippen molar-refractivity contribution >= 4 is 0 Å². The first-order chi connectivity index (χ1) is 5.95. The molecule has 0 saturated heterocycles. The van der Waals surface area contributed by atoms with Gasteiger partial charge in [-0.05, 0) is 6.07 Å². The molecule has 0 aliphatic rings. The Morgan fingerprint density at radius 3 is 2.46 bits per heavy atom. The lowest BCUT2D eigenvalue weighted by Gasteiger charge is -2.09. The summed E-state index contributed by atoms with van der Waals surface area (Å²) in [4.78, 5) is 2.99. The Bertz CT molecular complexity index is 311. The lowest BCUT2D eigenvalue weighted by atomic mass is 10.2. The lowest BCUT2D eigenvalue weighted by molar-refractivity contribution is -0.142. The quantitative estimate of drug-likeness (QED) is 0.706. The van der Waals surface area contributed by atoms with Crippen molar-refractivity contribution in [1.29, 1.82) is 0 Å². The van der Waals surface area contributed by atoms with Gasteiger partial charge in [0.1, 0.15) is 11.4 Å². The van der Waals surface area contributed by atoms with E-state index in [1.807, 2.05) is 0 Å². The molecule has 0 fully saturated rings. The summed E-state index contributed by atoms with van der Waals surface area (Å²) in [7, 11) is 0.